The Morgan fingerprint density at radius 1 is 1.45 bits per heavy atom. The van der Waals surface area contributed by atoms with Crippen LogP contribution in [0, 0.1) is 0 Å². The van der Waals surface area contributed by atoms with E-state index < -0.39 is 0 Å². The van der Waals surface area contributed by atoms with Gasteiger partial charge in [-0.15, -0.1) is 11.6 Å². The minimum atomic E-state index is -0.0676. The van der Waals surface area contributed by atoms with Crippen LogP contribution >= 0.6 is 11.6 Å². The fraction of sp³-hybridized carbons (Fsp3) is 0.688. The number of halogens is 1. The molecule has 2 heterocycles. The molecule has 1 aliphatic rings. The average Bonchev–Trinajstić information content (AvgIpc) is 2.47. The maximum atomic E-state index is 6.02. The maximum absolute atomic E-state index is 6.02. The van der Waals surface area contributed by atoms with Crippen molar-refractivity contribution in [2.24, 2.45) is 0 Å². The van der Waals surface area contributed by atoms with Crippen molar-refractivity contribution in [1.82, 2.24) is 4.98 Å². The fourth-order valence-electron chi connectivity index (χ4n) is 2.82. The maximum Gasteiger partial charge on any atom is 0.129 e. The van der Waals surface area contributed by atoms with Crippen molar-refractivity contribution in [3.63, 3.8) is 0 Å². The van der Waals surface area contributed by atoms with E-state index in [1.54, 1.807) is 7.11 Å². The summed E-state index contributed by atoms with van der Waals surface area (Å²) in [6.07, 6.45) is 4.36. The van der Waals surface area contributed by atoms with E-state index in [1.807, 2.05) is 0 Å². The number of hydrogen-bond donors (Lipinski definition) is 0. The largest absolute Gasteiger partial charge is 0.377 e. The topological polar surface area (TPSA) is 25.4 Å². The van der Waals surface area contributed by atoms with Crippen LogP contribution in [0.1, 0.15) is 44.4 Å². The molecule has 0 aromatic carbocycles. The molecule has 0 saturated carbocycles. The minimum absolute atomic E-state index is 0.0676. The molecule has 20 heavy (non-hydrogen) atoms. The van der Waals surface area contributed by atoms with Gasteiger partial charge in [0.25, 0.3) is 0 Å². The molecule has 1 aromatic rings. The molecular formula is C16H25ClN2O. The van der Waals surface area contributed by atoms with E-state index in [2.05, 4.69) is 30.9 Å². The second kappa shape index (κ2) is 6.77. The highest BCUT2D eigenvalue weighted by Crippen LogP contribution is 2.28. The Morgan fingerprint density at radius 2 is 2.25 bits per heavy atom. The standard InChI is InChI=1S/C16H25ClN2O/c1-4-6-14-9-13(11-17)10-15(18-14)19-8-5-7-16(2,12-19)20-3/h9-10H,4-8,11-12H2,1-3H3. The highest BCUT2D eigenvalue weighted by molar-refractivity contribution is 6.17. The Morgan fingerprint density at radius 3 is 2.90 bits per heavy atom. The lowest BCUT2D eigenvalue weighted by Crippen LogP contribution is -2.47. The first kappa shape index (κ1) is 15.6. The highest BCUT2D eigenvalue weighted by Gasteiger charge is 2.31. The predicted molar refractivity (Wildman–Crippen MR) is 84.7 cm³/mol. The van der Waals surface area contributed by atoms with Crippen LogP contribution in [-0.4, -0.2) is 30.8 Å². The lowest BCUT2D eigenvalue weighted by atomic mass is 9.94. The Labute approximate surface area is 127 Å². The number of rotatable bonds is 5. The number of alkyl halides is 1. The van der Waals surface area contributed by atoms with E-state index in [4.69, 9.17) is 21.3 Å². The van der Waals surface area contributed by atoms with Gasteiger partial charge in [-0.05, 0) is 43.9 Å². The molecule has 4 heteroatoms. The first-order chi connectivity index (χ1) is 9.60. The molecule has 1 aromatic heterocycles. The van der Waals surface area contributed by atoms with Crippen LogP contribution in [0.5, 0.6) is 0 Å². The quantitative estimate of drug-likeness (QED) is 0.773. The zero-order valence-electron chi connectivity index (χ0n) is 12.8. The zero-order chi connectivity index (χ0) is 14.6. The van der Waals surface area contributed by atoms with Gasteiger partial charge in [-0.25, -0.2) is 4.98 Å². The van der Waals surface area contributed by atoms with Crippen LogP contribution in [0.25, 0.3) is 0 Å². The summed E-state index contributed by atoms with van der Waals surface area (Å²) in [7, 11) is 1.80. The molecule has 0 N–H and O–H groups in total. The molecule has 1 saturated heterocycles. The Hall–Kier alpha value is -0.800. The zero-order valence-corrected chi connectivity index (χ0v) is 13.5. The number of pyridine rings is 1. The van der Waals surface area contributed by atoms with Crippen LogP contribution in [-0.2, 0) is 17.0 Å². The van der Waals surface area contributed by atoms with Crippen molar-refractivity contribution in [1.29, 1.82) is 0 Å². The number of hydrogen-bond acceptors (Lipinski definition) is 3. The summed E-state index contributed by atoms with van der Waals surface area (Å²) in [5, 5.41) is 0. The number of ether oxygens (including phenoxy) is 1. The van der Waals surface area contributed by atoms with Gasteiger partial charge in [0.05, 0.1) is 5.60 Å². The molecular weight excluding hydrogens is 272 g/mol. The number of aromatic nitrogens is 1. The number of aryl methyl sites for hydroxylation is 1. The van der Waals surface area contributed by atoms with Crippen LogP contribution in [0.2, 0.25) is 0 Å². The molecule has 2 rings (SSSR count). The molecule has 1 aliphatic heterocycles. The van der Waals surface area contributed by atoms with E-state index in [9.17, 15) is 0 Å². The van der Waals surface area contributed by atoms with Gasteiger partial charge in [-0.1, -0.05) is 13.3 Å². The molecule has 0 aliphatic carbocycles. The van der Waals surface area contributed by atoms with E-state index in [1.165, 1.54) is 0 Å². The fourth-order valence-corrected chi connectivity index (χ4v) is 2.98. The highest BCUT2D eigenvalue weighted by atomic mass is 35.5. The smallest absolute Gasteiger partial charge is 0.129 e. The van der Waals surface area contributed by atoms with Crippen molar-refractivity contribution in [3.05, 3.63) is 23.4 Å². The number of anilines is 1. The van der Waals surface area contributed by atoms with E-state index >= 15 is 0 Å². The summed E-state index contributed by atoms with van der Waals surface area (Å²) in [5.74, 6) is 1.59. The summed E-state index contributed by atoms with van der Waals surface area (Å²) in [5.41, 5.74) is 2.23. The Bertz CT molecular complexity index is 452. The second-order valence-corrected chi connectivity index (χ2v) is 6.15. The van der Waals surface area contributed by atoms with E-state index in [-0.39, 0.29) is 5.60 Å². The first-order valence-electron chi connectivity index (χ1n) is 7.46. The SMILES string of the molecule is CCCc1cc(CCl)cc(N2CCCC(C)(OC)C2)n1. The van der Waals surface area contributed by atoms with Gasteiger partial charge in [-0.3, -0.25) is 0 Å². The van der Waals surface area contributed by atoms with Gasteiger partial charge in [0.1, 0.15) is 5.82 Å². The first-order valence-corrected chi connectivity index (χ1v) is 7.99. The van der Waals surface area contributed by atoms with Crippen LogP contribution in [0.4, 0.5) is 5.82 Å². The molecule has 112 valence electrons. The summed E-state index contributed by atoms with van der Waals surface area (Å²) >= 11 is 6.02. The van der Waals surface area contributed by atoms with Gasteiger partial charge >= 0.3 is 0 Å². The minimum Gasteiger partial charge on any atom is -0.377 e. The van der Waals surface area contributed by atoms with Crippen molar-refractivity contribution >= 4 is 17.4 Å². The van der Waals surface area contributed by atoms with E-state index in [0.717, 1.165) is 55.8 Å². The molecule has 0 bridgehead atoms. The lowest BCUT2D eigenvalue weighted by molar-refractivity contribution is -0.00482. The molecule has 1 unspecified atom stereocenters. The van der Waals surface area contributed by atoms with Gasteiger partial charge < -0.3 is 9.64 Å². The molecule has 0 amide bonds. The summed E-state index contributed by atoms with van der Waals surface area (Å²) in [6.45, 7) is 6.30. The monoisotopic (exact) mass is 296 g/mol. The van der Waals surface area contributed by atoms with Crippen LogP contribution in [0.3, 0.4) is 0 Å². The molecule has 0 spiro atoms. The summed E-state index contributed by atoms with van der Waals surface area (Å²) in [6, 6.07) is 4.24. The third-order valence-corrected chi connectivity index (χ3v) is 4.37. The van der Waals surface area contributed by atoms with Crippen LogP contribution in [0.15, 0.2) is 12.1 Å². The number of nitrogens with zero attached hydrogens (tertiary/aromatic N) is 2. The third kappa shape index (κ3) is 3.64. The third-order valence-electron chi connectivity index (χ3n) is 4.06. The number of piperidine rings is 1. The molecule has 1 fully saturated rings. The van der Waals surface area contributed by atoms with Crippen LogP contribution < -0.4 is 4.90 Å². The molecule has 0 radical (unpaired) electrons. The van der Waals surface area contributed by atoms with Gasteiger partial charge in [0.2, 0.25) is 0 Å². The lowest BCUT2D eigenvalue weighted by Gasteiger charge is -2.40. The van der Waals surface area contributed by atoms with Gasteiger partial charge in [0.15, 0.2) is 0 Å². The Balaban J connectivity index is 2.24. The van der Waals surface area contributed by atoms with Crippen molar-refractivity contribution in [3.8, 4) is 0 Å². The molecule has 3 nitrogen and oxygen atoms in total. The molecule has 1 atom stereocenters. The second-order valence-electron chi connectivity index (χ2n) is 5.89. The number of methoxy groups -OCH3 is 1. The Kier molecular flexibility index (Phi) is 5.28. The van der Waals surface area contributed by atoms with Crippen molar-refractivity contribution in [2.75, 3.05) is 25.1 Å². The van der Waals surface area contributed by atoms with Gasteiger partial charge in [0, 0.05) is 31.8 Å². The van der Waals surface area contributed by atoms with Crippen molar-refractivity contribution in [2.45, 2.75) is 51.0 Å². The summed E-state index contributed by atoms with van der Waals surface area (Å²) < 4.78 is 5.67. The van der Waals surface area contributed by atoms with Gasteiger partial charge in [-0.2, -0.15) is 0 Å². The van der Waals surface area contributed by atoms with E-state index in [0.29, 0.717) is 5.88 Å². The predicted octanol–water partition coefficient (Wildman–Crippen LogP) is 3.78. The normalized spacial score (nSPS) is 23.1. The summed E-state index contributed by atoms with van der Waals surface area (Å²) in [4.78, 5) is 7.14. The van der Waals surface area contributed by atoms with Crippen molar-refractivity contribution < 1.29 is 4.74 Å². The average molecular weight is 297 g/mol.